The molecule has 0 aliphatic rings. The monoisotopic (exact) mass is 235 g/mol. The van der Waals surface area contributed by atoms with Crippen molar-refractivity contribution >= 4 is 17.4 Å². The number of hydrogen-bond donors (Lipinski definition) is 1. The van der Waals surface area contributed by atoms with Crippen LogP contribution in [0.2, 0.25) is 5.02 Å². The fourth-order valence-corrected chi connectivity index (χ4v) is 2.28. The number of benzene rings is 1. The summed E-state index contributed by atoms with van der Waals surface area (Å²) in [4.78, 5) is 0. The number of hydrogen-bond acceptors (Lipinski definition) is 2. The Bertz CT molecular complexity index is 520. The third kappa shape index (κ3) is 1.78. The van der Waals surface area contributed by atoms with Crippen molar-refractivity contribution in [1.29, 1.82) is 0 Å². The molecule has 0 saturated heterocycles. The first-order valence-corrected chi connectivity index (χ1v) is 5.46. The highest BCUT2D eigenvalue weighted by Crippen LogP contribution is 2.27. The van der Waals surface area contributed by atoms with Crippen molar-refractivity contribution in [3.05, 3.63) is 40.0 Å². The molecule has 84 valence electrons. The number of anilines is 1. The molecule has 2 aromatic rings. The van der Waals surface area contributed by atoms with E-state index in [-0.39, 0.29) is 0 Å². The molecule has 0 radical (unpaired) electrons. The Morgan fingerprint density at radius 3 is 2.38 bits per heavy atom. The van der Waals surface area contributed by atoms with Crippen LogP contribution in [0.5, 0.6) is 0 Å². The lowest BCUT2D eigenvalue weighted by atomic mass is 10.1. The van der Waals surface area contributed by atoms with Crippen LogP contribution in [0.4, 0.5) is 5.82 Å². The van der Waals surface area contributed by atoms with E-state index in [4.69, 9.17) is 17.3 Å². The van der Waals surface area contributed by atoms with Gasteiger partial charge in [-0.05, 0) is 38.0 Å². The summed E-state index contributed by atoms with van der Waals surface area (Å²) in [7, 11) is 0. The maximum Gasteiger partial charge on any atom is 0.127 e. The van der Waals surface area contributed by atoms with E-state index in [2.05, 4.69) is 11.2 Å². The fourth-order valence-electron chi connectivity index (χ4n) is 1.87. The zero-order valence-corrected chi connectivity index (χ0v) is 10.3. The molecule has 3 nitrogen and oxygen atoms in total. The molecule has 0 aliphatic carbocycles. The van der Waals surface area contributed by atoms with Crippen LogP contribution in [0.1, 0.15) is 16.8 Å². The maximum atomic E-state index is 6.23. The van der Waals surface area contributed by atoms with E-state index in [0.717, 1.165) is 22.5 Å². The Labute approximate surface area is 99.8 Å². The first-order chi connectivity index (χ1) is 7.49. The van der Waals surface area contributed by atoms with E-state index in [1.165, 1.54) is 0 Å². The summed E-state index contributed by atoms with van der Waals surface area (Å²) in [6.07, 6.45) is 0. The van der Waals surface area contributed by atoms with Crippen LogP contribution in [0.15, 0.2) is 18.2 Å². The van der Waals surface area contributed by atoms with Gasteiger partial charge in [-0.3, -0.25) is 0 Å². The highest BCUT2D eigenvalue weighted by Gasteiger charge is 2.11. The van der Waals surface area contributed by atoms with Crippen LogP contribution in [0.25, 0.3) is 5.69 Å². The summed E-state index contributed by atoms with van der Waals surface area (Å²) in [5, 5.41) is 5.01. The molecule has 16 heavy (non-hydrogen) atoms. The number of nitrogens with zero attached hydrogens (tertiary/aromatic N) is 2. The maximum absolute atomic E-state index is 6.23. The summed E-state index contributed by atoms with van der Waals surface area (Å²) in [5.74, 6) is 0.603. The van der Waals surface area contributed by atoms with Crippen LogP contribution < -0.4 is 5.73 Å². The zero-order chi connectivity index (χ0) is 11.9. The molecular weight excluding hydrogens is 222 g/mol. The summed E-state index contributed by atoms with van der Waals surface area (Å²) in [6, 6.07) is 5.81. The number of aromatic nitrogens is 2. The molecule has 1 aromatic carbocycles. The zero-order valence-electron chi connectivity index (χ0n) is 9.58. The molecule has 1 heterocycles. The second-order valence-electron chi connectivity index (χ2n) is 4.03. The lowest BCUT2D eigenvalue weighted by Crippen LogP contribution is -2.04. The Hall–Kier alpha value is -1.48. The van der Waals surface area contributed by atoms with Crippen molar-refractivity contribution in [1.82, 2.24) is 9.78 Å². The molecule has 0 saturated carbocycles. The van der Waals surface area contributed by atoms with Crippen LogP contribution in [-0.2, 0) is 0 Å². The Morgan fingerprint density at radius 1 is 1.19 bits per heavy atom. The number of aryl methyl sites for hydroxylation is 3. The SMILES string of the molecule is Cc1cc(C)c(-n2nc(C)cc2N)c(Cl)c1. The van der Waals surface area contributed by atoms with Gasteiger partial charge in [-0.25, -0.2) is 4.68 Å². The quantitative estimate of drug-likeness (QED) is 0.826. The number of rotatable bonds is 1. The van der Waals surface area contributed by atoms with E-state index >= 15 is 0 Å². The molecule has 0 atom stereocenters. The summed E-state index contributed by atoms with van der Waals surface area (Å²) in [5.41, 5.74) is 9.84. The van der Waals surface area contributed by atoms with Crippen LogP contribution in [0.3, 0.4) is 0 Å². The molecule has 0 fully saturated rings. The number of nitrogen functional groups attached to an aromatic ring is 1. The minimum absolute atomic E-state index is 0.603. The Morgan fingerprint density at radius 2 is 1.88 bits per heavy atom. The Balaban J connectivity index is 2.69. The smallest absolute Gasteiger partial charge is 0.127 e. The second-order valence-corrected chi connectivity index (χ2v) is 4.44. The average Bonchev–Trinajstić information content (AvgIpc) is 2.43. The predicted molar refractivity (Wildman–Crippen MR) is 67.2 cm³/mol. The molecular formula is C12H14ClN3. The molecule has 0 bridgehead atoms. The number of halogens is 1. The molecule has 2 rings (SSSR count). The van der Waals surface area contributed by atoms with Crippen molar-refractivity contribution in [2.24, 2.45) is 0 Å². The fraction of sp³-hybridized carbons (Fsp3) is 0.250. The van der Waals surface area contributed by atoms with Crippen molar-refractivity contribution in [3.8, 4) is 5.69 Å². The van der Waals surface area contributed by atoms with Gasteiger partial charge in [0, 0.05) is 6.07 Å². The van der Waals surface area contributed by atoms with Gasteiger partial charge < -0.3 is 5.73 Å². The minimum atomic E-state index is 0.603. The highest BCUT2D eigenvalue weighted by molar-refractivity contribution is 6.32. The topological polar surface area (TPSA) is 43.8 Å². The third-order valence-corrected chi connectivity index (χ3v) is 2.76. The summed E-state index contributed by atoms with van der Waals surface area (Å²) >= 11 is 6.23. The van der Waals surface area contributed by atoms with Gasteiger partial charge in [-0.15, -0.1) is 0 Å². The summed E-state index contributed by atoms with van der Waals surface area (Å²) < 4.78 is 1.69. The van der Waals surface area contributed by atoms with Gasteiger partial charge in [0.25, 0.3) is 0 Å². The van der Waals surface area contributed by atoms with Crippen LogP contribution in [-0.4, -0.2) is 9.78 Å². The molecule has 0 aliphatic heterocycles. The van der Waals surface area contributed by atoms with E-state index in [1.54, 1.807) is 4.68 Å². The van der Waals surface area contributed by atoms with E-state index in [0.29, 0.717) is 10.8 Å². The van der Waals surface area contributed by atoms with Crippen molar-refractivity contribution in [3.63, 3.8) is 0 Å². The molecule has 0 unspecified atom stereocenters. The first-order valence-electron chi connectivity index (χ1n) is 5.08. The van der Waals surface area contributed by atoms with Gasteiger partial charge in [-0.2, -0.15) is 5.10 Å². The Kier molecular flexibility index (Phi) is 2.64. The van der Waals surface area contributed by atoms with Gasteiger partial charge in [0.2, 0.25) is 0 Å². The molecule has 0 spiro atoms. The average molecular weight is 236 g/mol. The molecule has 1 aromatic heterocycles. The first kappa shape index (κ1) is 11.0. The molecule has 4 heteroatoms. The number of nitrogens with two attached hydrogens (primary N) is 1. The second kappa shape index (κ2) is 3.83. The van der Waals surface area contributed by atoms with Crippen molar-refractivity contribution in [2.45, 2.75) is 20.8 Å². The highest BCUT2D eigenvalue weighted by atomic mass is 35.5. The molecule has 0 amide bonds. The molecule has 2 N–H and O–H groups in total. The van der Waals surface area contributed by atoms with Gasteiger partial charge in [-0.1, -0.05) is 17.7 Å². The largest absolute Gasteiger partial charge is 0.384 e. The predicted octanol–water partition coefficient (Wildman–Crippen LogP) is 3.03. The van der Waals surface area contributed by atoms with E-state index in [1.807, 2.05) is 32.9 Å². The normalized spacial score (nSPS) is 10.8. The van der Waals surface area contributed by atoms with Crippen LogP contribution in [0, 0.1) is 20.8 Å². The summed E-state index contributed by atoms with van der Waals surface area (Å²) in [6.45, 7) is 5.93. The third-order valence-electron chi connectivity index (χ3n) is 2.47. The van der Waals surface area contributed by atoms with E-state index in [9.17, 15) is 0 Å². The minimum Gasteiger partial charge on any atom is -0.384 e. The van der Waals surface area contributed by atoms with Crippen molar-refractivity contribution < 1.29 is 0 Å². The van der Waals surface area contributed by atoms with Gasteiger partial charge >= 0.3 is 0 Å². The lowest BCUT2D eigenvalue weighted by Gasteiger charge is -2.11. The lowest BCUT2D eigenvalue weighted by molar-refractivity contribution is 0.864. The van der Waals surface area contributed by atoms with Gasteiger partial charge in [0.15, 0.2) is 0 Å². The standard InChI is InChI=1S/C12H14ClN3/c1-7-4-8(2)12(10(13)5-7)16-11(14)6-9(3)15-16/h4-6H,14H2,1-3H3. The van der Waals surface area contributed by atoms with Crippen LogP contribution >= 0.6 is 11.6 Å². The van der Waals surface area contributed by atoms with Gasteiger partial charge in [0.05, 0.1) is 16.4 Å². The van der Waals surface area contributed by atoms with Gasteiger partial charge in [0.1, 0.15) is 5.82 Å². The van der Waals surface area contributed by atoms with E-state index < -0.39 is 0 Å². The van der Waals surface area contributed by atoms with Crippen molar-refractivity contribution in [2.75, 3.05) is 5.73 Å².